The van der Waals surface area contributed by atoms with Crippen LogP contribution in [0.25, 0.3) is 0 Å². The van der Waals surface area contributed by atoms with E-state index in [4.69, 9.17) is 0 Å². The van der Waals surface area contributed by atoms with Crippen LogP contribution in [-0.2, 0) is 11.2 Å². The molecule has 1 aromatic carbocycles. The highest BCUT2D eigenvalue weighted by Crippen LogP contribution is 2.18. The predicted molar refractivity (Wildman–Crippen MR) is 63.8 cm³/mol. The molecular formula is C12H13BrFNO. The molecule has 0 aliphatic carbocycles. The van der Waals surface area contributed by atoms with E-state index in [-0.39, 0.29) is 17.5 Å². The Hall–Kier alpha value is -0.740. The molecule has 0 amide bonds. The minimum Gasteiger partial charge on any atom is -0.316 e. The number of Topliss-reactive ketones (excluding diaryl/α,β-unsaturated/α-hetero) is 1. The standard InChI is InChI=1S/C12H13BrFNO/c13-10-3-8(4-11(14)6-10)5-12(16)9-1-2-15-7-9/h3-4,6,9,15H,1-2,5,7H2. The molecule has 1 aliphatic heterocycles. The van der Waals surface area contributed by atoms with Crippen molar-refractivity contribution in [1.82, 2.24) is 5.32 Å². The van der Waals surface area contributed by atoms with E-state index < -0.39 is 0 Å². The summed E-state index contributed by atoms with van der Waals surface area (Å²) in [6.45, 7) is 1.67. The van der Waals surface area contributed by atoms with Gasteiger partial charge in [0.2, 0.25) is 0 Å². The minimum atomic E-state index is -0.304. The van der Waals surface area contributed by atoms with Crippen molar-refractivity contribution in [1.29, 1.82) is 0 Å². The SMILES string of the molecule is O=C(Cc1cc(F)cc(Br)c1)C1CCNC1. The summed E-state index contributed by atoms with van der Waals surface area (Å²) in [5, 5.41) is 3.16. The summed E-state index contributed by atoms with van der Waals surface area (Å²) in [6, 6.07) is 4.61. The number of carbonyl (C=O) groups is 1. The Morgan fingerprint density at radius 2 is 2.31 bits per heavy atom. The lowest BCUT2D eigenvalue weighted by atomic mass is 9.97. The highest BCUT2D eigenvalue weighted by Gasteiger charge is 2.22. The van der Waals surface area contributed by atoms with E-state index in [0.29, 0.717) is 10.9 Å². The molecule has 4 heteroatoms. The summed E-state index contributed by atoms with van der Waals surface area (Å²) < 4.78 is 13.8. The van der Waals surface area contributed by atoms with Crippen LogP contribution in [0.2, 0.25) is 0 Å². The maximum atomic E-state index is 13.1. The van der Waals surface area contributed by atoms with Crippen molar-refractivity contribution in [3.05, 3.63) is 34.1 Å². The molecule has 1 heterocycles. The van der Waals surface area contributed by atoms with Crippen LogP contribution in [-0.4, -0.2) is 18.9 Å². The zero-order chi connectivity index (χ0) is 11.5. The molecule has 0 aromatic heterocycles. The average molecular weight is 286 g/mol. The first kappa shape index (κ1) is 11.7. The third kappa shape index (κ3) is 2.89. The molecule has 0 radical (unpaired) electrons. The maximum absolute atomic E-state index is 13.1. The van der Waals surface area contributed by atoms with Crippen molar-refractivity contribution < 1.29 is 9.18 Å². The number of benzene rings is 1. The van der Waals surface area contributed by atoms with Crippen LogP contribution in [0.5, 0.6) is 0 Å². The molecule has 0 spiro atoms. The fourth-order valence-electron chi connectivity index (χ4n) is 1.99. The number of nitrogens with one attached hydrogen (secondary N) is 1. The van der Waals surface area contributed by atoms with E-state index in [2.05, 4.69) is 21.2 Å². The topological polar surface area (TPSA) is 29.1 Å². The molecule has 1 fully saturated rings. The first-order valence-electron chi connectivity index (χ1n) is 5.33. The van der Waals surface area contributed by atoms with Crippen LogP contribution >= 0.6 is 15.9 Å². The van der Waals surface area contributed by atoms with Crippen LogP contribution in [0.4, 0.5) is 4.39 Å². The van der Waals surface area contributed by atoms with Gasteiger partial charge in [-0.05, 0) is 36.7 Å². The van der Waals surface area contributed by atoms with Crippen LogP contribution in [0.15, 0.2) is 22.7 Å². The fraction of sp³-hybridized carbons (Fsp3) is 0.417. The quantitative estimate of drug-likeness (QED) is 0.924. The second-order valence-electron chi connectivity index (χ2n) is 4.11. The van der Waals surface area contributed by atoms with Crippen molar-refractivity contribution in [2.75, 3.05) is 13.1 Å². The third-order valence-electron chi connectivity index (χ3n) is 2.82. The van der Waals surface area contributed by atoms with Gasteiger partial charge in [0.25, 0.3) is 0 Å². The third-order valence-corrected chi connectivity index (χ3v) is 3.27. The second-order valence-corrected chi connectivity index (χ2v) is 5.03. The Bertz CT molecular complexity index is 382. The van der Waals surface area contributed by atoms with Gasteiger partial charge in [-0.2, -0.15) is 0 Å². The Kier molecular flexibility index (Phi) is 3.71. The summed E-state index contributed by atoms with van der Waals surface area (Å²) >= 11 is 3.22. The molecule has 1 unspecified atom stereocenters. The second kappa shape index (κ2) is 5.06. The van der Waals surface area contributed by atoms with Gasteiger partial charge in [-0.15, -0.1) is 0 Å². The first-order valence-corrected chi connectivity index (χ1v) is 6.13. The lowest BCUT2D eigenvalue weighted by Crippen LogP contribution is -2.19. The summed E-state index contributed by atoms with van der Waals surface area (Å²) in [5.74, 6) is -0.00809. The molecule has 0 bridgehead atoms. The van der Waals surface area contributed by atoms with Gasteiger partial charge in [0.15, 0.2) is 0 Å². The molecule has 1 aromatic rings. The van der Waals surface area contributed by atoms with E-state index in [1.165, 1.54) is 12.1 Å². The van der Waals surface area contributed by atoms with E-state index in [1.807, 2.05) is 0 Å². The molecule has 2 rings (SSSR count). The van der Waals surface area contributed by atoms with Crippen LogP contribution < -0.4 is 5.32 Å². The van der Waals surface area contributed by atoms with Gasteiger partial charge in [-0.1, -0.05) is 15.9 Å². The van der Waals surface area contributed by atoms with Crippen LogP contribution in [0.1, 0.15) is 12.0 Å². The number of ketones is 1. The lowest BCUT2D eigenvalue weighted by molar-refractivity contribution is -0.121. The number of halogens is 2. The van der Waals surface area contributed by atoms with E-state index in [9.17, 15) is 9.18 Å². The Balaban J connectivity index is 2.05. The Morgan fingerprint density at radius 1 is 1.50 bits per heavy atom. The van der Waals surface area contributed by atoms with Crippen LogP contribution in [0, 0.1) is 11.7 Å². The largest absolute Gasteiger partial charge is 0.316 e. The first-order chi connectivity index (χ1) is 7.65. The number of rotatable bonds is 3. The highest BCUT2D eigenvalue weighted by atomic mass is 79.9. The molecule has 1 N–H and O–H groups in total. The van der Waals surface area contributed by atoms with Gasteiger partial charge in [0.05, 0.1) is 0 Å². The van der Waals surface area contributed by atoms with Gasteiger partial charge >= 0.3 is 0 Å². The van der Waals surface area contributed by atoms with E-state index in [0.717, 1.165) is 25.1 Å². The summed E-state index contributed by atoms with van der Waals surface area (Å²) in [6.07, 6.45) is 1.22. The minimum absolute atomic E-state index is 0.0991. The summed E-state index contributed by atoms with van der Waals surface area (Å²) in [4.78, 5) is 11.9. The average Bonchev–Trinajstić information content (AvgIpc) is 2.68. The van der Waals surface area contributed by atoms with Crippen molar-refractivity contribution in [3.63, 3.8) is 0 Å². The predicted octanol–water partition coefficient (Wildman–Crippen LogP) is 2.31. The zero-order valence-electron chi connectivity index (χ0n) is 8.80. The number of hydrogen-bond donors (Lipinski definition) is 1. The molecule has 1 aliphatic rings. The Labute approximate surface area is 102 Å². The number of carbonyl (C=O) groups excluding carboxylic acids is 1. The molecule has 2 nitrogen and oxygen atoms in total. The summed E-state index contributed by atoms with van der Waals surface area (Å²) in [5.41, 5.74) is 0.740. The normalized spacial score (nSPS) is 20.0. The molecule has 0 saturated carbocycles. The van der Waals surface area contributed by atoms with Gasteiger partial charge in [0, 0.05) is 23.4 Å². The molecule has 1 saturated heterocycles. The smallest absolute Gasteiger partial charge is 0.141 e. The number of hydrogen-bond acceptors (Lipinski definition) is 2. The van der Waals surface area contributed by atoms with Gasteiger partial charge < -0.3 is 5.32 Å². The summed E-state index contributed by atoms with van der Waals surface area (Å²) in [7, 11) is 0. The highest BCUT2D eigenvalue weighted by molar-refractivity contribution is 9.10. The molecule has 86 valence electrons. The van der Waals surface area contributed by atoms with E-state index in [1.54, 1.807) is 6.07 Å². The van der Waals surface area contributed by atoms with Crippen molar-refractivity contribution in [3.8, 4) is 0 Å². The van der Waals surface area contributed by atoms with Crippen LogP contribution in [0.3, 0.4) is 0 Å². The van der Waals surface area contributed by atoms with Gasteiger partial charge in [-0.25, -0.2) is 4.39 Å². The lowest BCUT2D eigenvalue weighted by Gasteiger charge is -2.07. The molecule has 16 heavy (non-hydrogen) atoms. The zero-order valence-corrected chi connectivity index (χ0v) is 10.4. The van der Waals surface area contributed by atoms with Gasteiger partial charge in [0.1, 0.15) is 11.6 Å². The maximum Gasteiger partial charge on any atom is 0.141 e. The molecule has 1 atom stereocenters. The Morgan fingerprint density at radius 3 is 2.94 bits per heavy atom. The van der Waals surface area contributed by atoms with Crippen molar-refractivity contribution >= 4 is 21.7 Å². The van der Waals surface area contributed by atoms with Crippen molar-refractivity contribution in [2.45, 2.75) is 12.8 Å². The van der Waals surface area contributed by atoms with Crippen molar-refractivity contribution in [2.24, 2.45) is 5.92 Å². The fourth-order valence-corrected chi connectivity index (χ4v) is 2.50. The monoisotopic (exact) mass is 285 g/mol. The molecular weight excluding hydrogens is 273 g/mol. The van der Waals surface area contributed by atoms with E-state index >= 15 is 0 Å². The van der Waals surface area contributed by atoms with Gasteiger partial charge in [-0.3, -0.25) is 4.79 Å².